The van der Waals surface area contributed by atoms with Gasteiger partial charge in [-0.15, -0.1) is 0 Å². The summed E-state index contributed by atoms with van der Waals surface area (Å²) in [6, 6.07) is 14.3. The molecule has 6 N–H and O–H groups in total. The third-order valence-corrected chi connectivity index (χ3v) is 5.41. The van der Waals surface area contributed by atoms with E-state index >= 15 is 0 Å². The number of anilines is 2. The van der Waals surface area contributed by atoms with Crippen molar-refractivity contribution in [3.63, 3.8) is 0 Å². The minimum Gasteiger partial charge on any atom is -0.481 e. The van der Waals surface area contributed by atoms with Crippen LogP contribution in [0.2, 0.25) is 0 Å². The molecule has 2 amide bonds. The molecule has 0 saturated heterocycles. The van der Waals surface area contributed by atoms with Gasteiger partial charge in [0.2, 0.25) is 5.95 Å². The second-order valence-corrected chi connectivity index (χ2v) is 8.12. The van der Waals surface area contributed by atoms with Gasteiger partial charge in [-0.3, -0.25) is 19.8 Å². The van der Waals surface area contributed by atoms with E-state index in [9.17, 15) is 14.4 Å². The van der Waals surface area contributed by atoms with E-state index in [0.717, 1.165) is 17.5 Å². The fourth-order valence-electron chi connectivity index (χ4n) is 3.53. The van der Waals surface area contributed by atoms with Crippen molar-refractivity contribution in [1.29, 1.82) is 0 Å². The first kappa shape index (κ1) is 25.6. The lowest BCUT2D eigenvalue weighted by atomic mass is 10.1. The number of nitrogens with two attached hydrogens (primary N) is 1. The highest BCUT2D eigenvalue weighted by Crippen LogP contribution is 2.17. The number of aliphatic carboxylic acids is 1. The lowest BCUT2D eigenvalue weighted by molar-refractivity contribution is -0.137. The minimum atomic E-state index is -0.838. The zero-order valence-electron chi connectivity index (χ0n) is 19.6. The Morgan fingerprint density at radius 1 is 1.09 bits per heavy atom. The number of aromatic nitrogens is 2. The Morgan fingerprint density at radius 3 is 2.49 bits per heavy atom. The van der Waals surface area contributed by atoms with E-state index in [4.69, 9.17) is 10.8 Å². The molecule has 35 heavy (non-hydrogen) atoms. The van der Waals surface area contributed by atoms with Gasteiger partial charge in [0.15, 0.2) is 0 Å². The Balaban J connectivity index is 1.64. The number of nitrogens with one attached hydrogen (secondary N) is 3. The molecule has 3 aromatic rings. The molecule has 10 heteroatoms. The summed E-state index contributed by atoms with van der Waals surface area (Å²) in [5.74, 6) is -0.800. The van der Waals surface area contributed by atoms with Gasteiger partial charge in [0.05, 0.1) is 12.0 Å². The van der Waals surface area contributed by atoms with Crippen molar-refractivity contribution in [3.8, 4) is 11.1 Å². The number of benzene rings is 2. The number of rotatable bonds is 11. The first-order valence-electron chi connectivity index (χ1n) is 11.3. The highest BCUT2D eigenvalue weighted by molar-refractivity contribution is 5.99. The maximum atomic E-state index is 12.6. The Hall–Kier alpha value is -4.02. The van der Waals surface area contributed by atoms with Crippen molar-refractivity contribution >= 4 is 23.6 Å². The summed E-state index contributed by atoms with van der Waals surface area (Å²) in [5.41, 5.74) is 8.72. The number of carboxylic acids is 1. The third kappa shape index (κ3) is 7.76. The fraction of sp³-hybridized carbons (Fsp3) is 0.280. The van der Waals surface area contributed by atoms with E-state index in [1.807, 2.05) is 54.3 Å². The van der Waals surface area contributed by atoms with Crippen LogP contribution in [-0.2, 0) is 11.3 Å². The van der Waals surface area contributed by atoms with Gasteiger partial charge in [-0.1, -0.05) is 42.5 Å². The van der Waals surface area contributed by atoms with Crippen LogP contribution in [0.1, 0.15) is 24.0 Å². The molecule has 0 aliphatic rings. The summed E-state index contributed by atoms with van der Waals surface area (Å²) < 4.78 is 0. The van der Waals surface area contributed by atoms with E-state index in [1.54, 1.807) is 6.07 Å². The number of aryl methyl sites for hydroxylation is 1. The summed E-state index contributed by atoms with van der Waals surface area (Å²) >= 11 is 0. The Bertz CT molecular complexity index is 1210. The van der Waals surface area contributed by atoms with E-state index < -0.39 is 17.6 Å². The molecular formula is C25H30N6O4. The van der Waals surface area contributed by atoms with Crippen LogP contribution in [0.3, 0.4) is 0 Å². The molecule has 1 aromatic heterocycles. The average Bonchev–Trinajstić information content (AvgIpc) is 2.83. The first-order chi connectivity index (χ1) is 16.9. The summed E-state index contributed by atoms with van der Waals surface area (Å²) in [7, 11) is 0. The minimum absolute atomic E-state index is 0.0374. The second-order valence-electron chi connectivity index (χ2n) is 8.12. The maximum absolute atomic E-state index is 12.6. The SMILES string of the molecule is Cc1ccccc1NC(=O)Nc1nc(=O)c(-c2ccc(CN(CCCN)CCC(=O)O)cc2)c[nH]1. The molecule has 1 heterocycles. The molecule has 0 aliphatic heterocycles. The summed E-state index contributed by atoms with van der Waals surface area (Å²) in [5, 5.41) is 14.2. The van der Waals surface area contributed by atoms with Crippen molar-refractivity contribution < 1.29 is 14.7 Å². The quantitative estimate of drug-likeness (QED) is 0.284. The average molecular weight is 479 g/mol. The Morgan fingerprint density at radius 2 is 1.83 bits per heavy atom. The molecule has 10 nitrogen and oxygen atoms in total. The van der Waals surface area contributed by atoms with Crippen LogP contribution in [-0.4, -0.2) is 51.6 Å². The van der Waals surface area contributed by atoms with Crippen molar-refractivity contribution in [2.45, 2.75) is 26.3 Å². The number of hydrogen-bond acceptors (Lipinski definition) is 6. The smallest absolute Gasteiger partial charge is 0.326 e. The largest absolute Gasteiger partial charge is 0.481 e. The van der Waals surface area contributed by atoms with Gasteiger partial charge >= 0.3 is 12.0 Å². The van der Waals surface area contributed by atoms with Gasteiger partial charge in [-0.05, 0) is 49.2 Å². The molecule has 0 unspecified atom stereocenters. The number of H-pyrrole nitrogens is 1. The summed E-state index contributed by atoms with van der Waals surface area (Å²) in [4.78, 5) is 44.6. The van der Waals surface area contributed by atoms with Crippen LogP contribution >= 0.6 is 0 Å². The van der Waals surface area contributed by atoms with Crippen LogP contribution in [0.25, 0.3) is 11.1 Å². The molecule has 3 rings (SSSR count). The van der Waals surface area contributed by atoms with Gasteiger partial charge in [-0.2, -0.15) is 4.98 Å². The van der Waals surface area contributed by atoms with Gasteiger partial charge < -0.3 is 21.1 Å². The van der Waals surface area contributed by atoms with Crippen LogP contribution in [0, 0.1) is 6.92 Å². The number of para-hydroxylation sites is 1. The summed E-state index contributed by atoms with van der Waals surface area (Å²) in [6.45, 7) is 4.15. The molecule has 184 valence electrons. The number of hydrogen-bond donors (Lipinski definition) is 5. The second kappa shape index (κ2) is 12.4. The van der Waals surface area contributed by atoms with Gasteiger partial charge in [-0.25, -0.2) is 4.79 Å². The van der Waals surface area contributed by atoms with E-state index in [1.165, 1.54) is 6.20 Å². The molecular weight excluding hydrogens is 448 g/mol. The number of amides is 2. The highest BCUT2D eigenvalue weighted by atomic mass is 16.4. The Labute approximate surface area is 203 Å². The molecule has 0 bridgehead atoms. The monoisotopic (exact) mass is 478 g/mol. The van der Waals surface area contributed by atoms with E-state index in [2.05, 4.69) is 20.6 Å². The zero-order chi connectivity index (χ0) is 25.2. The van der Waals surface area contributed by atoms with Crippen LogP contribution < -0.4 is 21.9 Å². The molecule has 2 aromatic carbocycles. The van der Waals surface area contributed by atoms with Crippen LogP contribution in [0.15, 0.2) is 59.5 Å². The normalized spacial score (nSPS) is 10.8. The lowest BCUT2D eigenvalue weighted by Gasteiger charge is -2.21. The lowest BCUT2D eigenvalue weighted by Crippen LogP contribution is -2.28. The highest BCUT2D eigenvalue weighted by Gasteiger charge is 2.11. The van der Waals surface area contributed by atoms with E-state index in [-0.39, 0.29) is 12.4 Å². The number of nitrogens with zero attached hydrogens (tertiary/aromatic N) is 2. The standard InChI is InChI=1S/C25H30N6O4/c1-17-5-2-3-6-21(17)28-25(35)30-24-27-15-20(23(34)29-24)19-9-7-18(8-10-19)16-31(13-4-12-26)14-11-22(32)33/h2-3,5-10,15H,4,11-14,16,26H2,1H3,(H,32,33)(H3,27,28,29,30,34,35). The number of carbonyl (C=O) groups excluding carboxylic acids is 1. The molecule has 0 saturated carbocycles. The third-order valence-electron chi connectivity index (χ3n) is 5.41. The fourth-order valence-corrected chi connectivity index (χ4v) is 3.53. The summed E-state index contributed by atoms with van der Waals surface area (Å²) in [6.07, 6.45) is 2.35. The number of carboxylic acid groups (broad SMARTS) is 1. The maximum Gasteiger partial charge on any atom is 0.326 e. The number of aromatic amines is 1. The molecule has 0 atom stereocenters. The molecule has 0 aliphatic carbocycles. The molecule has 0 fully saturated rings. The van der Waals surface area contributed by atoms with E-state index in [0.29, 0.717) is 43.0 Å². The topological polar surface area (TPSA) is 153 Å². The first-order valence-corrected chi connectivity index (χ1v) is 11.3. The van der Waals surface area contributed by atoms with Crippen molar-refractivity contribution in [3.05, 3.63) is 76.2 Å². The van der Waals surface area contributed by atoms with Crippen molar-refractivity contribution in [2.75, 3.05) is 30.3 Å². The van der Waals surface area contributed by atoms with Crippen molar-refractivity contribution in [2.24, 2.45) is 5.73 Å². The van der Waals surface area contributed by atoms with Gasteiger partial charge in [0.1, 0.15) is 0 Å². The Kier molecular flexibility index (Phi) is 9.10. The number of urea groups is 1. The van der Waals surface area contributed by atoms with Crippen LogP contribution in [0.5, 0.6) is 0 Å². The molecule has 0 radical (unpaired) electrons. The van der Waals surface area contributed by atoms with Gasteiger partial charge in [0.25, 0.3) is 5.56 Å². The van der Waals surface area contributed by atoms with Gasteiger partial charge in [0, 0.05) is 25.0 Å². The predicted octanol–water partition coefficient (Wildman–Crippen LogP) is 3.01. The zero-order valence-corrected chi connectivity index (χ0v) is 19.6. The van der Waals surface area contributed by atoms with Crippen LogP contribution in [0.4, 0.5) is 16.4 Å². The predicted molar refractivity (Wildman–Crippen MR) is 135 cm³/mol. The number of carbonyl (C=O) groups is 2. The molecule has 0 spiro atoms. The van der Waals surface area contributed by atoms with Crippen molar-refractivity contribution in [1.82, 2.24) is 14.9 Å².